The van der Waals surface area contributed by atoms with Crippen molar-refractivity contribution in [2.24, 2.45) is 5.73 Å². The fraction of sp³-hybridized carbons (Fsp3) is 0.444. The van der Waals surface area contributed by atoms with Crippen molar-refractivity contribution >= 4 is 35.2 Å². The lowest BCUT2D eigenvalue weighted by Gasteiger charge is -2.25. The molecule has 0 radical (unpaired) electrons. The van der Waals surface area contributed by atoms with E-state index in [9.17, 15) is 27.6 Å². The Labute approximate surface area is 229 Å². The van der Waals surface area contributed by atoms with Crippen LogP contribution in [0.1, 0.15) is 38.3 Å². The summed E-state index contributed by atoms with van der Waals surface area (Å²) in [6.07, 6.45) is -0.339. The number of nitrogens with zero attached hydrogens (tertiary/aromatic N) is 1. The van der Waals surface area contributed by atoms with Crippen LogP contribution in [-0.2, 0) is 32.1 Å². The number of anilines is 1. The fourth-order valence-electron chi connectivity index (χ4n) is 4.06. The number of esters is 1. The van der Waals surface area contributed by atoms with Crippen molar-refractivity contribution in [3.63, 3.8) is 0 Å². The molecule has 0 saturated carbocycles. The third kappa shape index (κ3) is 8.12. The normalized spacial score (nSPS) is 16.1. The molecule has 2 atom stereocenters. The summed E-state index contributed by atoms with van der Waals surface area (Å²) in [6, 6.07) is 7.55. The first-order valence-electron chi connectivity index (χ1n) is 12.5. The number of halogens is 3. The quantitative estimate of drug-likeness (QED) is 0.283. The van der Waals surface area contributed by atoms with Gasteiger partial charge in [0.1, 0.15) is 11.4 Å². The first-order valence-corrected chi connectivity index (χ1v) is 13.6. The Hall–Kier alpha value is -3.25. The molecule has 212 valence electrons. The average Bonchev–Trinajstić information content (AvgIpc) is 3.37. The average molecular weight is 567 g/mol. The number of amides is 2. The lowest BCUT2D eigenvalue weighted by Crippen LogP contribution is -2.46. The number of hydrogen-bond donors (Lipinski definition) is 3. The van der Waals surface area contributed by atoms with E-state index in [1.165, 1.54) is 16.7 Å². The van der Waals surface area contributed by atoms with Gasteiger partial charge < -0.3 is 26.0 Å². The molecule has 0 aliphatic carbocycles. The second-order valence-corrected chi connectivity index (χ2v) is 10.9. The van der Waals surface area contributed by atoms with Crippen LogP contribution in [0.25, 0.3) is 0 Å². The Balaban J connectivity index is 1.52. The van der Waals surface area contributed by atoms with E-state index in [1.807, 2.05) is 12.1 Å². The zero-order valence-corrected chi connectivity index (χ0v) is 22.9. The summed E-state index contributed by atoms with van der Waals surface area (Å²) >= 11 is 1.32. The summed E-state index contributed by atoms with van der Waals surface area (Å²) in [6.45, 7) is 6.05. The standard InChI is InChI=1S/C27H33F3N4O4S/c1-4-38-26(37)27(2,3)33-19-7-5-16(6-8-19)15-32-24(36)25-34(9-10-39-25)23(35)13-18(31)11-17-12-21(29)22(30)14-20(17)28/h5-8,12,14,18,25,33H,4,9-11,13,15,31H2,1-3H3,(H,32,36)/t18-,25+/m1/s1. The van der Waals surface area contributed by atoms with Crippen molar-refractivity contribution in [3.8, 4) is 0 Å². The van der Waals surface area contributed by atoms with E-state index in [1.54, 1.807) is 32.9 Å². The van der Waals surface area contributed by atoms with E-state index in [0.717, 1.165) is 11.6 Å². The predicted molar refractivity (Wildman–Crippen MR) is 143 cm³/mol. The lowest BCUT2D eigenvalue weighted by molar-refractivity contribution is -0.147. The lowest BCUT2D eigenvalue weighted by atomic mass is 10.0. The minimum Gasteiger partial charge on any atom is -0.464 e. The highest BCUT2D eigenvalue weighted by atomic mass is 32.2. The molecule has 8 nitrogen and oxygen atoms in total. The zero-order valence-electron chi connectivity index (χ0n) is 22.1. The topological polar surface area (TPSA) is 114 Å². The highest BCUT2D eigenvalue weighted by molar-refractivity contribution is 8.00. The molecule has 1 heterocycles. The molecule has 2 amide bonds. The van der Waals surface area contributed by atoms with Crippen LogP contribution in [0, 0.1) is 17.5 Å². The molecule has 39 heavy (non-hydrogen) atoms. The fourth-order valence-corrected chi connectivity index (χ4v) is 5.23. The number of nitrogens with two attached hydrogens (primary N) is 1. The molecule has 0 aromatic heterocycles. The highest BCUT2D eigenvalue weighted by Crippen LogP contribution is 2.26. The van der Waals surface area contributed by atoms with Crippen LogP contribution in [0.5, 0.6) is 0 Å². The smallest absolute Gasteiger partial charge is 0.331 e. The Morgan fingerprint density at radius 2 is 1.79 bits per heavy atom. The largest absolute Gasteiger partial charge is 0.464 e. The molecular weight excluding hydrogens is 533 g/mol. The number of benzene rings is 2. The monoisotopic (exact) mass is 566 g/mol. The molecule has 4 N–H and O–H groups in total. The molecule has 12 heteroatoms. The highest BCUT2D eigenvalue weighted by Gasteiger charge is 2.35. The molecular formula is C27H33F3N4O4S. The molecule has 1 aliphatic heterocycles. The first kappa shape index (κ1) is 30.3. The number of carbonyl (C=O) groups is 3. The van der Waals surface area contributed by atoms with E-state index in [-0.39, 0.29) is 49.3 Å². The van der Waals surface area contributed by atoms with E-state index in [2.05, 4.69) is 10.6 Å². The summed E-state index contributed by atoms with van der Waals surface area (Å²) in [5.74, 6) is -3.94. The van der Waals surface area contributed by atoms with Gasteiger partial charge in [0, 0.05) is 43.1 Å². The van der Waals surface area contributed by atoms with Crippen molar-refractivity contribution in [2.75, 3.05) is 24.2 Å². The predicted octanol–water partition coefficient (Wildman–Crippen LogP) is 3.34. The summed E-state index contributed by atoms with van der Waals surface area (Å²) in [7, 11) is 0. The van der Waals surface area contributed by atoms with Gasteiger partial charge in [-0.3, -0.25) is 9.59 Å². The number of thioether (sulfide) groups is 1. The van der Waals surface area contributed by atoms with Crippen LogP contribution in [0.3, 0.4) is 0 Å². The van der Waals surface area contributed by atoms with Crippen molar-refractivity contribution in [1.29, 1.82) is 0 Å². The third-order valence-corrected chi connectivity index (χ3v) is 7.31. The van der Waals surface area contributed by atoms with Crippen molar-refractivity contribution in [1.82, 2.24) is 10.2 Å². The Morgan fingerprint density at radius 3 is 2.46 bits per heavy atom. The summed E-state index contributed by atoms with van der Waals surface area (Å²) in [5, 5.41) is 5.22. The van der Waals surface area contributed by atoms with Crippen molar-refractivity contribution in [2.45, 2.75) is 57.1 Å². The van der Waals surface area contributed by atoms with Gasteiger partial charge >= 0.3 is 5.97 Å². The molecule has 0 spiro atoms. The second-order valence-electron chi connectivity index (χ2n) is 9.72. The number of hydrogen-bond acceptors (Lipinski definition) is 7. The Morgan fingerprint density at radius 1 is 1.13 bits per heavy atom. The van der Waals surface area contributed by atoms with E-state index in [0.29, 0.717) is 24.1 Å². The van der Waals surface area contributed by atoms with E-state index in [4.69, 9.17) is 10.5 Å². The number of carbonyl (C=O) groups excluding carboxylic acids is 3. The van der Waals surface area contributed by atoms with Gasteiger partial charge in [0.25, 0.3) is 5.91 Å². The molecule has 1 aliphatic rings. The summed E-state index contributed by atoms with van der Waals surface area (Å²) in [4.78, 5) is 39.2. The second kappa shape index (κ2) is 13.2. The molecule has 0 bridgehead atoms. The van der Waals surface area contributed by atoms with Crippen LogP contribution >= 0.6 is 11.8 Å². The zero-order chi connectivity index (χ0) is 28.7. The first-order chi connectivity index (χ1) is 18.4. The van der Waals surface area contributed by atoms with Crippen molar-refractivity contribution < 1.29 is 32.3 Å². The SMILES string of the molecule is CCOC(=O)C(C)(C)Nc1ccc(CNC(=O)[C@@H]2SCCN2C(=O)C[C@H](N)Cc2cc(F)c(F)cc2F)cc1. The van der Waals surface area contributed by atoms with Gasteiger partial charge in [0.15, 0.2) is 17.0 Å². The minimum atomic E-state index is -1.30. The molecule has 2 aromatic rings. The maximum Gasteiger partial charge on any atom is 0.331 e. The number of nitrogens with one attached hydrogen (secondary N) is 2. The number of rotatable bonds is 11. The van der Waals surface area contributed by atoms with Gasteiger partial charge in [-0.2, -0.15) is 0 Å². The number of ether oxygens (including phenoxy) is 1. The van der Waals surface area contributed by atoms with E-state index >= 15 is 0 Å². The van der Waals surface area contributed by atoms with Gasteiger partial charge in [0.05, 0.1) is 6.61 Å². The van der Waals surface area contributed by atoms with Gasteiger partial charge in [-0.25, -0.2) is 18.0 Å². The van der Waals surface area contributed by atoms with Crippen LogP contribution in [0.2, 0.25) is 0 Å². The molecule has 0 unspecified atom stereocenters. The minimum absolute atomic E-state index is 0.120. The van der Waals surface area contributed by atoms with Crippen LogP contribution in [0.15, 0.2) is 36.4 Å². The Kier molecular flexibility index (Phi) is 10.3. The Bertz CT molecular complexity index is 1200. The maximum atomic E-state index is 13.9. The van der Waals surface area contributed by atoms with Crippen LogP contribution in [-0.4, -0.2) is 58.5 Å². The van der Waals surface area contributed by atoms with Crippen LogP contribution < -0.4 is 16.4 Å². The molecule has 2 aromatic carbocycles. The molecule has 1 saturated heterocycles. The van der Waals surface area contributed by atoms with Gasteiger partial charge in [-0.05, 0) is 56.5 Å². The maximum absolute atomic E-state index is 13.9. The molecule has 3 rings (SSSR count). The van der Waals surface area contributed by atoms with Gasteiger partial charge in [-0.15, -0.1) is 11.8 Å². The van der Waals surface area contributed by atoms with E-state index < -0.39 is 34.4 Å². The summed E-state index contributed by atoms with van der Waals surface area (Å²) < 4.78 is 45.6. The molecule has 1 fully saturated rings. The van der Waals surface area contributed by atoms with Crippen LogP contribution in [0.4, 0.5) is 18.9 Å². The van der Waals surface area contributed by atoms with Gasteiger partial charge in [-0.1, -0.05) is 12.1 Å². The summed E-state index contributed by atoms with van der Waals surface area (Å²) in [5.41, 5.74) is 6.50. The third-order valence-electron chi connectivity index (χ3n) is 6.11. The van der Waals surface area contributed by atoms with Gasteiger partial charge in [0.2, 0.25) is 5.91 Å². The van der Waals surface area contributed by atoms with Crippen molar-refractivity contribution in [3.05, 3.63) is 65.0 Å².